The van der Waals surface area contributed by atoms with Gasteiger partial charge in [-0.15, -0.1) is 0 Å². The molecule has 0 atom stereocenters. The van der Waals surface area contributed by atoms with Crippen LogP contribution in [0.5, 0.6) is 5.75 Å². The summed E-state index contributed by atoms with van der Waals surface area (Å²) in [5.41, 5.74) is 7.02. The largest absolute Gasteiger partial charge is 0.495 e. The molecule has 4 nitrogen and oxygen atoms in total. The lowest BCUT2D eigenvalue weighted by Gasteiger charge is -2.28. The average molecular weight is 262 g/mol. The van der Waals surface area contributed by atoms with Gasteiger partial charge in [0.05, 0.1) is 12.8 Å². The summed E-state index contributed by atoms with van der Waals surface area (Å²) >= 11 is 0. The van der Waals surface area contributed by atoms with Crippen LogP contribution >= 0.6 is 0 Å². The van der Waals surface area contributed by atoms with Gasteiger partial charge in [0.25, 0.3) is 5.91 Å². The Morgan fingerprint density at radius 2 is 2.11 bits per heavy atom. The van der Waals surface area contributed by atoms with Crippen LogP contribution in [0.15, 0.2) is 18.2 Å². The number of carbonyl (C=O) groups excluding carboxylic acids is 1. The van der Waals surface area contributed by atoms with Crippen LogP contribution in [-0.4, -0.2) is 30.5 Å². The zero-order valence-electron chi connectivity index (χ0n) is 11.7. The number of anilines is 1. The molecule has 2 rings (SSSR count). The van der Waals surface area contributed by atoms with Crippen molar-refractivity contribution in [3.8, 4) is 5.75 Å². The zero-order chi connectivity index (χ0) is 13.8. The molecule has 0 spiro atoms. The van der Waals surface area contributed by atoms with Crippen molar-refractivity contribution in [2.75, 3.05) is 19.4 Å². The van der Waals surface area contributed by atoms with E-state index in [2.05, 4.69) is 0 Å². The molecule has 1 saturated carbocycles. The van der Waals surface area contributed by atoms with Crippen LogP contribution in [0.2, 0.25) is 0 Å². The minimum absolute atomic E-state index is 0.0729. The molecule has 1 fully saturated rings. The Morgan fingerprint density at radius 1 is 1.42 bits per heavy atom. The number of methoxy groups -OCH3 is 1. The second kappa shape index (κ2) is 5.95. The monoisotopic (exact) mass is 262 g/mol. The summed E-state index contributed by atoms with van der Waals surface area (Å²) in [6, 6.07) is 5.64. The van der Waals surface area contributed by atoms with Gasteiger partial charge in [-0.25, -0.2) is 0 Å². The molecule has 0 saturated heterocycles. The Kier molecular flexibility index (Phi) is 4.30. The summed E-state index contributed by atoms with van der Waals surface area (Å²) in [7, 11) is 1.57. The van der Waals surface area contributed by atoms with E-state index in [-0.39, 0.29) is 5.91 Å². The third kappa shape index (κ3) is 2.83. The molecule has 0 heterocycles. The van der Waals surface area contributed by atoms with Gasteiger partial charge in [-0.2, -0.15) is 0 Å². The molecular formula is C15H22N2O2. The molecule has 19 heavy (non-hydrogen) atoms. The number of ether oxygens (including phenoxy) is 1. The van der Waals surface area contributed by atoms with E-state index in [0.717, 1.165) is 19.4 Å². The van der Waals surface area contributed by atoms with Gasteiger partial charge in [0.2, 0.25) is 0 Å². The van der Waals surface area contributed by atoms with Crippen LogP contribution in [0.1, 0.15) is 43.0 Å². The number of carbonyl (C=O) groups is 1. The van der Waals surface area contributed by atoms with E-state index in [0.29, 0.717) is 23.0 Å². The van der Waals surface area contributed by atoms with Crippen molar-refractivity contribution in [2.24, 2.45) is 0 Å². The fraction of sp³-hybridized carbons (Fsp3) is 0.533. The highest BCUT2D eigenvalue weighted by atomic mass is 16.5. The number of nitrogens with two attached hydrogens (primary N) is 1. The number of nitrogen functional groups attached to an aromatic ring is 1. The van der Waals surface area contributed by atoms with E-state index in [9.17, 15) is 4.79 Å². The highest BCUT2D eigenvalue weighted by molar-refractivity contribution is 5.95. The van der Waals surface area contributed by atoms with Crippen LogP contribution in [-0.2, 0) is 0 Å². The first-order valence-electron chi connectivity index (χ1n) is 6.91. The van der Waals surface area contributed by atoms with E-state index in [1.165, 1.54) is 12.8 Å². The van der Waals surface area contributed by atoms with Gasteiger partial charge in [-0.05, 0) is 38.0 Å². The van der Waals surface area contributed by atoms with Crippen LogP contribution in [0, 0.1) is 0 Å². The highest BCUT2D eigenvalue weighted by Crippen LogP contribution is 2.27. The third-order valence-corrected chi connectivity index (χ3v) is 3.84. The number of hydrogen-bond donors (Lipinski definition) is 1. The molecule has 0 unspecified atom stereocenters. The minimum Gasteiger partial charge on any atom is -0.495 e. The molecule has 0 bridgehead atoms. The molecule has 1 aliphatic carbocycles. The molecule has 0 aromatic heterocycles. The third-order valence-electron chi connectivity index (χ3n) is 3.84. The molecule has 2 N–H and O–H groups in total. The topological polar surface area (TPSA) is 55.6 Å². The van der Waals surface area contributed by atoms with E-state index in [4.69, 9.17) is 10.5 Å². The first-order chi connectivity index (χ1) is 9.17. The lowest BCUT2D eigenvalue weighted by Crippen LogP contribution is -2.38. The molecule has 1 amide bonds. The van der Waals surface area contributed by atoms with Crippen molar-refractivity contribution in [1.29, 1.82) is 0 Å². The summed E-state index contributed by atoms with van der Waals surface area (Å²) in [4.78, 5) is 14.5. The van der Waals surface area contributed by atoms with Crippen LogP contribution in [0.4, 0.5) is 5.69 Å². The Morgan fingerprint density at radius 3 is 2.63 bits per heavy atom. The van der Waals surface area contributed by atoms with Gasteiger partial charge in [-0.1, -0.05) is 12.8 Å². The predicted octanol–water partition coefficient (Wildman–Crippen LogP) is 2.68. The quantitative estimate of drug-likeness (QED) is 0.849. The fourth-order valence-corrected chi connectivity index (χ4v) is 2.82. The maximum absolute atomic E-state index is 12.5. The fourth-order valence-electron chi connectivity index (χ4n) is 2.82. The Bertz CT molecular complexity index is 453. The summed E-state index contributed by atoms with van der Waals surface area (Å²) in [6.07, 6.45) is 4.68. The second-order valence-electron chi connectivity index (χ2n) is 4.99. The number of nitrogens with zero attached hydrogens (tertiary/aromatic N) is 1. The number of amides is 1. The first-order valence-corrected chi connectivity index (χ1v) is 6.91. The number of benzene rings is 1. The van der Waals surface area contributed by atoms with Gasteiger partial charge in [0.15, 0.2) is 0 Å². The maximum Gasteiger partial charge on any atom is 0.254 e. The Hall–Kier alpha value is -1.71. The van der Waals surface area contributed by atoms with Crippen molar-refractivity contribution in [3.05, 3.63) is 23.8 Å². The van der Waals surface area contributed by atoms with Gasteiger partial charge in [0, 0.05) is 18.2 Å². The van der Waals surface area contributed by atoms with Gasteiger partial charge >= 0.3 is 0 Å². The van der Waals surface area contributed by atoms with E-state index >= 15 is 0 Å². The molecule has 104 valence electrons. The zero-order valence-corrected chi connectivity index (χ0v) is 11.7. The van der Waals surface area contributed by atoms with E-state index in [1.807, 2.05) is 11.8 Å². The average Bonchev–Trinajstić information content (AvgIpc) is 2.93. The minimum atomic E-state index is 0.0729. The molecule has 0 radical (unpaired) electrons. The summed E-state index contributed by atoms with van der Waals surface area (Å²) < 4.78 is 5.12. The summed E-state index contributed by atoms with van der Waals surface area (Å²) in [5.74, 6) is 0.684. The van der Waals surface area contributed by atoms with Gasteiger partial charge in [0.1, 0.15) is 5.75 Å². The van der Waals surface area contributed by atoms with Gasteiger partial charge in [-0.3, -0.25) is 4.79 Å². The van der Waals surface area contributed by atoms with E-state index < -0.39 is 0 Å². The Balaban J connectivity index is 2.19. The lowest BCUT2D eigenvalue weighted by atomic mass is 10.1. The van der Waals surface area contributed by atoms with Crippen molar-refractivity contribution in [3.63, 3.8) is 0 Å². The SMILES string of the molecule is CCN(C(=O)c1ccc(OC)c(N)c1)C1CCCC1. The van der Waals surface area contributed by atoms with Crippen molar-refractivity contribution >= 4 is 11.6 Å². The van der Waals surface area contributed by atoms with Crippen LogP contribution in [0.3, 0.4) is 0 Å². The number of rotatable bonds is 4. The Labute approximate surface area is 114 Å². The molecule has 1 aliphatic rings. The van der Waals surface area contributed by atoms with Crippen LogP contribution < -0.4 is 10.5 Å². The standard InChI is InChI=1S/C15H22N2O2/c1-3-17(12-6-4-5-7-12)15(18)11-8-9-14(19-2)13(16)10-11/h8-10,12H,3-7,16H2,1-2H3. The summed E-state index contributed by atoms with van der Waals surface area (Å²) in [5, 5.41) is 0. The molecular weight excluding hydrogens is 240 g/mol. The highest BCUT2D eigenvalue weighted by Gasteiger charge is 2.26. The normalized spacial score (nSPS) is 15.5. The second-order valence-corrected chi connectivity index (χ2v) is 4.99. The maximum atomic E-state index is 12.5. The van der Waals surface area contributed by atoms with Crippen molar-refractivity contribution < 1.29 is 9.53 Å². The van der Waals surface area contributed by atoms with Gasteiger partial charge < -0.3 is 15.4 Å². The lowest BCUT2D eigenvalue weighted by molar-refractivity contribution is 0.0693. The smallest absolute Gasteiger partial charge is 0.254 e. The summed E-state index contributed by atoms with van der Waals surface area (Å²) in [6.45, 7) is 2.78. The van der Waals surface area contributed by atoms with Crippen LogP contribution in [0.25, 0.3) is 0 Å². The molecule has 4 heteroatoms. The number of hydrogen-bond acceptors (Lipinski definition) is 3. The molecule has 1 aromatic carbocycles. The first kappa shape index (κ1) is 13.7. The molecule has 1 aromatic rings. The van der Waals surface area contributed by atoms with E-state index in [1.54, 1.807) is 25.3 Å². The molecule has 0 aliphatic heterocycles. The van der Waals surface area contributed by atoms with Crippen molar-refractivity contribution in [2.45, 2.75) is 38.6 Å². The predicted molar refractivity (Wildman–Crippen MR) is 76.4 cm³/mol. The van der Waals surface area contributed by atoms with Crippen molar-refractivity contribution in [1.82, 2.24) is 4.90 Å².